The molecule has 0 aliphatic rings. The van der Waals surface area contributed by atoms with Crippen molar-refractivity contribution in [2.45, 2.75) is 40.3 Å². The molecule has 1 unspecified atom stereocenters. The van der Waals surface area contributed by atoms with Crippen molar-refractivity contribution in [1.29, 1.82) is 0 Å². The monoisotopic (exact) mass is 350 g/mol. The fourth-order valence-corrected chi connectivity index (χ4v) is 1.95. The largest absolute Gasteiger partial charge is 0.481 e. The molecule has 132 valence electrons. The number of hydrogen-bond acceptors (Lipinski definition) is 5. The van der Waals surface area contributed by atoms with Crippen LogP contribution in [0.15, 0.2) is 0 Å². The maximum atomic E-state index is 11.6. The minimum atomic E-state index is -5.06. The lowest BCUT2D eigenvalue weighted by atomic mass is 10.0. The zero-order valence-electron chi connectivity index (χ0n) is 13.0. The number of carboxylic acids is 1. The maximum Gasteiger partial charge on any atom is 0.450 e. The second kappa shape index (κ2) is 12.8. The van der Waals surface area contributed by atoms with Gasteiger partial charge in [-0.15, -0.1) is 0 Å². The molecule has 1 atom stereocenters. The van der Waals surface area contributed by atoms with Gasteiger partial charge in [0.1, 0.15) is 5.92 Å². The standard InChI is InChI=1S/C6H7F3O3.C6H15O3P/c1-2-3(5(11)12)4(10)6(7,8)9;1-4-7-10(8-5-2)9-6-3/h3H,2H2,1H3,(H,11,12);4-6H2,1-3H3. The van der Waals surface area contributed by atoms with E-state index in [1.165, 1.54) is 6.92 Å². The first kappa shape index (κ1) is 23.5. The predicted molar refractivity (Wildman–Crippen MR) is 74.3 cm³/mol. The van der Waals surface area contributed by atoms with E-state index in [2.05, 4.69) is 0 Å². The summed E-state index contributed by atoms with van der Waals surface area (Å²) in [5.41, 5.74) is 0. The van der Waals surface area contributed by atoms with Crippen LogP contribution in [0.1, 0.15) is 34.1 Å². The van der Waals surface area contributed by atoms with Gasteiger partial charge in [0.05, 0.1) is 19.8 Å². The minimum absolute atomic E-state index is 0.353. The summed E-state index contributed by atoms with van der Waals surface area (Å²) >= 11 is 0. The zero-order valence-corrected chi connectivity index (χ0v) is 13.9. The van der Waals surface area contributed by atoms with Gasteiger partial charge in [-0.2, -0.15) is 13.2 Å². The van der Waals surface area contributed by atoms with Crippen molar-refractivity contribution in [3.05, 3.63) is 0 Å². The van der Waals surface area contributed by atoms with E-state index in [-0.39, 0.29) is 6.42 Å². The molecule has 0 saturated carbocycles. The fraction of sp³-hybridized carbons (Fsp3) is 0.833. The van der Waals surface area contributed by atoms with Crippen molar-refractivity contribution >= 4 is 20.4 Å². The Hall–Kier alpha value is -0.760. The number of carbonyl (C=O) groups excluding carboxylic acids is 1. The number of aliphatic carboxylic acids is 1. The molecule has 0 saturated heterocycles. The number of Topliss-reactive ketones (excluding diaryl/α,β-unsaturated/α-hetero) is 1. The van der Waals surface area contributed by atoms with Gasteiger partial charge in [-0.1, -0.05) is 6.92 Å². The Kier molecular flexibility index (Phi) is 13.6. The average Bonchev–Trinajstić information content (AvgIpc) is 2.39. The highest BCUT2D eigenvalue weighted by atomic mass is 31.2. The molecule has 0 heterocycles. The van der Waals surface area contributed by atoms with Gasteiger partial charge in [-0.05, 0) is 27.2 Å². The van der Waals surface area contributed by atoms with Crippen LogP contribution < -0.4 is 0 Å². The summed E-state index contributed by atoms with van der Waals surface area (Å²) in [6.07, 6.45) is -5.41. The highest BCUT2D eigenvalue weighted by molar-refractivity contribution is 7.41. The Bertz CT molecular complexity index is 310. The number of halogens is 3. The van der Waals surface area contributed by atoms with Crippen LogP contribution in [0.25, 0.3) is 0 Å². The lowest BCUT2D eigenvalue weighted by Crippen LogP contribution is -2.34. The average molecular weight is 350 g/mol. The van der Waals surface area contributed by atoms with Crippen LogP contribution >= 0.6 is 8.60 Å². The summed E-state index contributed by atoms with van der Waals surface area (Å²) in [5.74, 6) is -5.90. The van der Waals surface area contributed by atoms with Crippen molar-refractivity contribution < 1.29 is 41.4 Å². The van der Waals surface area contributed by atoms with Gasteiger partial charge in [-0.25, -0.2) is 0 Å². The first-order valence-electron chi connectivity index (χ1n) is 6.68. The van der Waals surface area contributed by atoms with Gasteiger partial charge in [-0.3, -0.25) is 9.59 Å². The Morgan fingerprint density at radius 2 is 1.36 bits per heavy atom. The third kappa shape index (κ3) is 10.9. The molecule has 10 heteroatoms. The molecule has 0 aliphatic heterocycles. The third-order valence-corrected chi connectivity index (χ3v) is 3.41. The normalized spacial score (nSPS) is 12.5. The van der Waals surface area contributed by atoms with Gasteiger partial charge in [0.15, 0.2) is 0 Å². The maximum absolute atomic E-state index is 11.6. The lowest BCUT2D eigenvalue weighted by Gasteiger charge is -2.12. The summed E-state index contributed by atoms with van der Waals surface area (Å²) in [6, 6.07) is 0. The molecule has 0 aliphatic carbocycles. The van der Waals surface area contributed by atoms with Crippen LogP contribution in [0.4, 0.5) is 13.2 Å². The molecule has 1 N–H and O–H groups in total. The Morgan fingerprint density at radius 1 is 1.00 bits per heavy atom. The first-order valence-corrected chi connectivity index (χ1v) is 7.77. The van der Waals surface area contributed by atoms with E-state index < -0.39 is 32.4 Å². The van der Waals surface area contributed by atoms with E-state index in [0.29, 0.717) is 19.8 Å². The third-order valence-electron chi connectivity index (χ3n) is 2.01. The molecule has 0 bridgehead atoms. The van der Waals surface area contributed by atoms with Crippen molar-refractivity contribution in [1.82, 2.24) is 0 Å². The molecular weight excluding hydrogens is 328 g/mol. The Balaban J connectivity index is 0. The van der Waals surface area contributed by atoms with E-state index in [9.17, 15) is 22.8 Å². The number of rotatable bonds is 9. The summed E-state index contributed by atoms with van der Waals surface area (Å²) in [5, 5.41) is 8.19. The Labute approximate surface area is 128 Å². The topological polar surface area (TPSA) is 82.1 Å². The smallest absolute Gasteiger partial charge is 0.450 e. The molecular formula is C12H22F3O6P. The minimum Gasteiger partial charge on any atom is -0.481 e. The van der Waals surface area contributed by atoms with Gasteiger partial charge in [0.25, 0.3) is 0 Å². The van der Waals surface area contributed by atoms with Crippen LogP contribution in [-0.2, 0) is 23.2 Å². The second-order valence-electron chi connectivity index (χ2n) is 3.64. The van der Waals surface area contributed by atoms with E-state index >= 15 is 0 Å². The molecule has 6 nitrogen and oxygen atoms in total. The number of alkyl halides is 3. The summed E-state index contributed by atoms with van der Waals surface area (Å²) in [6.45, 7) is 8.92. The molecule has 0 aromatic rings. The van der Waals surface area contributed by atoms with Crippen LogP contribution in [0, 0.1) is 5.92 Å². The number of carboxylic acid groups (broad SMARTS) is 1. The summed E-state index contributed by atoms with van der Waals surface area (Å²) < 4.78 is 50.3. The van der Waals surface area contributed by atoms with Crippen LogP contribution in [-0.4, -0.2) is 42.9 Å². The number of hydrogen-bond donors (Lipinski definition) is 1. The number of ketones is 1. The molecule has 22 heavy (non-hydrogen) atoms. The molecule has 0 rings (SSSR count). The van der Waals surface area contributed by atoms with E-state index in [1.807, 2.05) is 20.8 Å². The quantitative estimate of drug-likeness (QED) is 0.506. The molecule has 0 aromatic carbocycles. The van der Waals surface area contributed by atoms with Gasteiger partial charge < -0.3 is 18.7 Å². The number of carbonyl (C=O) groups is 2. The highest BCUT2D eigenvalue weighted by Crippen LogP contribution is 2.38. The van der Waals surface area contributed by atoms with Crippen molar-refractivity contribution in [3.63, 3.8) is 0 Å². The zero-order chi connectivity index (χ0) is 17.8. The first-order chi connectivity index (χ1) is 10.1. The van der Waals surface area contributed by atoms with Gasteiger partial charge >= 0.3 is 20.7 Å². The van der Waals surface area contributed by atoms with Crippen LogP contribution in [0.2, 0.25) is 0 Å². The molecule has 0 aromatic heterocycles. The summed E-state index contributed by atoms with van der Waals surface area (Å²) in [4.78, 5) is 20.4. The second-order valence-corrected chi connectivity index (χ2v) is 4.86. The predicted octanol–water partition coefficient (Wildman–Crippen LogP) is 3.55. The lowest BCUT2D eigenvalue weighted by molar-refractivity contribution is -0.179. The van der Waals surface area contributed by atoms with Crippen LogP contribution in [0.5, 0.6) is 0 Å². The Morgan fingerprint density at radius 3 is 1.50 bits per heavy atom. The van der Waals surface area contributed by atoms with Gasteiger partial charge in [0, 0.05) is 0 Å². The van der Waals surface area contributed by atoms with E-state index in [4.69, 9.17) is 18.7 Å². The fourth-order valence-electron chi connectivity index (χ4n) is 1.10. The SMILES string of the molecule is CCC(C(=O)O)C(=O)C(F)(F)F.CCOP(OCC)OCC. The van der Waals surface area contributed by atoms with Crippen LogP contribution in [0.3, 0.4) is 0 Å². The van der Waals surface area contributed by atoms with Crippen molar-refractivity contribution in [2.24, 2.45) is 5.92 Å². The summed E-state index contributed by atoms with van der Waals surface area (Å²) in [7, 11) is -1.06. The molecule has 0 fully saturated rings. The van der Waals surface area contributed by atoms with E-state index in [0.717, 1.165) is 0 Å². The molecule has 0 radical (unpaired) electrons. The van der Waals surface area contributed by atoms with E-state index in [1.54, 1.807) is 0 Å². The van der Waals surface area contributed by atoms with Gasteiger partial charge in [0.2, 0.25) is 5.78 Å². The van der Waals surface area contributed by atoms with Crippen molar-refractivity contribution in [2.75, 3.05) is 19.8 Å². The molecule has 0 amide bonds. The highest BCUT2D eigenvalue weighted by Gasteiger charge is 2.45. The van der Waals surface area contributed by atoms with Crippen molar-refractivity contribution in [3.8, 4) is 0 Å². The molecule has 0 spiro atoms.